The van der Waals surface area contributed by atoms with E-state index in [4.69, 9.17) is 4.42 Å². The van der Waals surface area contributed by atoms with Crippen LogP contribution in [0, 0.1) is 5.82 Å². The SMILES string of the molecule is O=C(C=Cc1ccc(-c2ccccc2F)o1)N1CCN(S(=O)(=O)c2cccs2)CC1. The third-order valence-electron chi connectivity index (χ3n) is 4.80. The minimum absolute atomic E-state index is 0.230. The Balaban J connectivity index is 1.36. The average Bonchev–Trinajstić information content (AvgIpc) is 3.45. The van der Waals surface area contributed by atoms with E-state index in [-0.39, 0.29) is 24.8 Å². The Hall–Kier alpha value is -2.75. The van der Waals surface area contributed by atoms with Gasteiger partial charge in [-0.1, -0.05) is 18.2 Å². The van der Waals surface area contributed by atoms with Crippen molar-refractivity contribution in [3.63, 3.8) is 0 Å². The number of nitrogens with zero attached hydrogens (tertiary/aromatic N) is 2. The van der Waals surface area contributed by atoms with E-state index in [1.807, 2.05) is 0 Å². The molecule has 0 bridgehead atoms. The van der Waals surface area contributed by atoms with Gasteiger partial charge in [0.1, 0.15) is 21.5 Å². The summed E-state index contributed by atoms with van der Waals surface area (Å²) in [6.07, 6.45) is 2.91. The van der Waals surface area contributed by atoms with Gasteiger partial charge >= 0.3 is 0 Å². The maximum absolute atomic E-state index is 13.9. The van der Waals surface area contributed by atoms with Crippen LogP contribution in [0.2, 0.25) is 0 Å². The molecule has 0 atom stereocenters. The number of carbonyl (C=O) groups excluding carboxylic acids is 1. The van der Waals surface area contributed by atoms with E-state index in [1.54, 1.807) is 52.7 Å². The van der Waals surface area contributed by atoms with E-state index >= 15 is 0 Å². The second-order valence-corrected chi connectivity index (χ2v) is 9.79. The van der Waals surface area contributed by atoms with Crippen molar-refractivity contribution < 1.29 is 22.0 Å². The quantitative estimate of drug-likeness (QED) is 0.561. The van der Waals surface area contributed by atoms with Crippen LogP contribution in [0.5, 0.6) is 0 Å². The van der Waals surface area contributed by atoms with Crippen molar-refractivity contribution in [1.29, 1.82) is 0 Å². The molecule has 156 valence electrons. The molecule has 9 heteroatoms. The lowest BCUT2D eigenvalue weighted by atomic mass is 10.1. The third kappa shape index (κ3) is 4.23. The molecular weight excluding hydrogens is 427 g/mol. The predicted octanol–water partition coefficient (Wildman–Crippen LogP) is 3.69. The summed E-state index contributed by atoms with van der Waals surface area (Å²) in [5.74, 6) is 0.203. The number of amides is 1. The molecule has 1 saturated heterocycles. The zero-order valence-electron chi connectivity index (χ0n) is 15.9. The smallest absolute Gasteiger partial charge is 0.252 e. The standard InChI is InChI=1S/C21H19FN2O4S2/c22-18-5-2-1-4-17(18)19-9-7-16(28-19)8-10-20(25)23-11-13-24(14-12-23)30(26,27)21-6-3-15-29-21/h1-10,15H,11-14H2. The number of piperazine rings is 1. The van der Waals surface area contributed by atoms with Gasteiger partial charge in [-0.15, -0.1) is 11.3 Å². The molecular formula is C21H19FN2O4S2. The first-order chi connectivity index (χ1) is 14.4. The molecule has 0 aliphatic carbocycles. The largest absolute Gasteiger partial charge is 0.457 e. The van der Waals surface area contributed by atoms with E-state index in [9.17, 15) is 17.6 Å². The number of hydrogen-bond acceptors (Lipinski definition) is 5. The van der Waals surface area contributed by atoms with Gasteiger partial charge in [0.2, 0.25) is 5.91 Å². The lowest BCUT2D eigenvalue weighted by Gasteiger charge is -2.33. The van der Waals surface area contributed by atoms with Crippen LogP contribution >= 0.6 is 11.3 Å². The summed E-state index contributed by atoms with van der Waals surface area (Å²) < 4.78 is 46.3. The van der Waals surface area contributed by atoms with Gasteiger partial charge in [0.25, 0.3) is 10.0 Å². The fourth-order valence-electron chi connectivity index (χ4n) is 3.19. The van der Waals surface area contributed by atoms with Gasteiger partial charge in [0.05, 0.1) is 5.56 Å². The maximum Gasteiger partial charge on any atom is 0.252 e. The Morgan fingerprint density at radius 2 is 1.80 bits per heavy atom. The summed E-state index contributed by atoms with van der Waals surface area (Å²) in [6, 6.07) is 12.9. The Kier molecular flexibility index (Phi) is 5.85. The highest BCUT2D eigenvalue weighted by atomic mass is 32.2. The number of hydrogen-bond donors (Lipinski definition) is 0. The summed E-state index contributed by atoms with van der Waals surface area (Å²) in [6.45, 7) is 1.12. The number of halogens is 1. The molecule has 3 aromatic rings. The lowest BCUT2D eigenvalue weighted by molar-refractivity contribution is -0.127. The van der Waals surface area contributed by atoms with Gasteiger partial charge in [0, 0.05) is 32.3 Å². The van der Waals surface area contributed by atoms with Gasteiger partial charge < -0.3 is 9.32 Å². The van der Waals surface area contributed by atoms with Crippen LogP contribution in [0.4, 0.5) is 4.39 Å². The summed E-state index contributed by atoms with van der Waals surface area (Å²) in [7, 11) is -3.50. The molecule has 6 nitrogen and oxygen atoms in total. The number of furan rings is 1. The fourth-order valence-corrected chi connectivity index (χ4v) is 5.76. The van der Waals surface area contributed by atoms with Crippen molar-refractivity contribution >= 4 is 33.3 Å². The van der Waals surface area contributed by atoms with Crippen LogP contribution in [-0.4, -0.2) is 49.7 Å². The number of benzene rings is 1. The first-order valence-electron chi connectivity index (χ1n) is 9.30. The molecule has 2 aromatic heterocycles. The van der Waals surface area contributed by atoms with Crippen molar-refractivity contribution in [3.05, 3.63) is 71.6 Å². The second-order valence-electron chi connectivity index (χ2n) is 6.68. The predicted molar refractivity (Wildman–Crippen MR) is 113 cm³/mol. The zero-order chi connectivity index (χ0) is 21.1. The topological polar surface area (TPSA) is 70.8 Å². The molecule has 1 aliphatic heterocycles. The Labute approximate surface area is 177 Å². The minimum atomic E-state index is -3.50. The maximum atomic E-state index is 13.9. The van der Waals surface area contributed by atoms with E-state index in [0.29, 0.717) is 34.4 Å². The van der Waals surface area contributed by atoms with Crippen LogP contribution in [0.1, 0.15) is 5.76 Å². The number of thiophene rings is 1. The van der Waals surface area contributed by atoms with E-state index in [1.165, 1.54) is 33.9 Å². The molecule has 0 unspecified atom stereocenters. The Morgan fingerprint density at radius 1 is 1.03 bits per heavy atom. The number of carbonyl (C=O) groups is 1. The van der Waals surface area contributed by atoms with E-state index in [2.05, 4.69) is 0 Å². The first-order valence-corrected chi connectivity index (χ1v) is 11.6. The van der Waals surface area contributed by atoms with Gasteiger partial charge in [-0.05, 0) is 41.8 Å². The van der Waals surface area contributed by atoms with Crippen molar-refractivity contribution in [2.75, 3.05) is 26.2 Å². The molecule has 1 amide bonds. The van der Waals surface area contributed by atoms with E-state index in [0.717, 1.165) is 0 Å². The van der Waals surface area contributed by atoms with Crippen molar-refractivity contribution in [1.82, 2.24) is 9.21 Å². The molecule has 0 spiro atoms. The van der Waals surface area contributed by atoms with Gasteiger partial charge in [-0.2, -0.15) is 4.31 Å². The molecule has 1 aromatic carbocycles. The Bertz CT molecular complexity index is 1160. The second kappa shape index (κ2) is 8.55. The molecule has 4 rings (SSSR count). The summed E-state index contributed by atoms with van der Waals surface area (Å²) >= 11 is 1.18. The van der Waals surface area contributed by atoms with Crippen molar-refractivity contribution in [2.24, 2.45) is 0 Å². The van der Waals surface area contributed by atoms with Crippen LogP contribution in [0.25, 0.3) is 17.4 Å². The van der Waals surface area contributed by atoms with E-state index < -0.39 is 10.0 Å². The molecule has 1 fully saturated rings. The van der Waals surface area contributed by atoms with Crippen LogP contribution in [0.3, 0.4) is 0 Å². The molecule has 30 heavy (non-hydrogen) atoms. The zero-order valence-corrected chi connectivity index (χ0v) is 17.5. The highest BCUT2D eigenvalue weighted by molar-refractivity contribution is 7.91. The summed E-state index contributed by atoms with van der Waals surface area (Å²) in [5, 5.41) is 1.73. The van der Waals surface area contributed by atoms with Crippen LogP contribution in [-0.2, 0) is 14.8 Å². The monoisotopic (exact) mass is 446 g/mol. The highest BCUT2D eigenvalue weighted by Crippen LogP contribution is 2.25. The first kappa shape index (κ1) is 20.5. The molecule has 0 saturated carbocycles. The van der Waals surface area contributed by atoms with Gasteiger partial charge in [0.15, 0.2) is 0 Å². The Morgan fingerprint density at radius 3 is 2.50 bits per heavy atom. The highest BCUT2D eigenvalue weighted by Gasteiger charge is 2.30. The molecule has 0 radical (unpaired) electrons. The summed E-state index contributed by atoms with van der Waals surface area (Å²) in [4.78, 5) is 14.1. The summed E-state index contributed by atoms with van der Waals surface area (Å²) in [5.41, 5.74) is 0.353. The molecule has 0 N–H and O–H groups in total. The normalized spacial score (nSPS) is 15.7. The lowest BCUT2D eigenvalue weighted by Crippen LogP contribution is -2.50. The fraction of sp³-hybridized carbons (Fsp3) is 0.190. The van der Waals surface area contributed by atoms with Crippen LogP contribution < -0.4 is 0 Å². The minimum Gasteiger partial charge on any atom is -0.457 e. The number of sulfonamides is 1. The molecule has 3 heterocycles. The van der Waals surface area contributed by atoms with Crippen molar-refractivity contribution in [3.8, 4) is 11.3 Å². The average molecular weight is 447 g/mol. The number of rotatable bonds is 5. The van der Waals surface area contributed by atoms with Gasteiger partial charge in [-0.25, -0.2) is 12.8 Å². The van der Waals surface area contributed by atoms with Crippen LogP contribution in [0.15, 0.2) is 68.6 Å². The van der Waals surface area contributed by atoms with Crippen molar-refractivity contribution in [2.45, 2.75) is 4.21 Å². The third-order valence-corrected chi connectivity index (χ3v) is 8.07. The van der Waals surface area contributed by atoms with Gasteiger partial charge in [-0.3, -0.25) is 4.79 Å². The molecule has 1 aliphatic rings.